The van der Waals surface area contributed by atoms with E-state index >= 15 is 0 Å². The topological polar surface area (TPSA) is 51.8 Å². The zero-order chi connectivity index (χ0) is 13.1. The molecule has 1 aromatic carbocycles. The maximum Gasteiger partial charge on any atom is 0.248 e. The zero-order valence-corrected chi connectivity index (χ0v) is 11.0. The minimum atomic E-state index is 0.531. The van der Waals surface area contributed by atoms with Gasteiger partial charge in [-0.3, -0.25) is 4.98 Å². The predicted molar refractivity (Wildman–Crippen MR) is 74.1 cm³/mol. The van der Waals surface area contributed by atoms with Crippen LogP contribution in [0.3, 0.4) is 0 Å². The van der Waals surface area contributed by atoms with Crippen LogP contribution in [0.1, 0.15) is 12.3 Å². The summed E-state index contributed by atoms with van der Waals surface area (Å²) < 4.78 is 5.67. The van der Waals surface area contributed by atoms with E-state index < -0.39 is 0 Å². The van der Waals surface area contributed by atoms with Gasteiger partial charge in [0.15, 0.2) is 0 Å². The Morgan fingerprint density at radius 3 is 2.89 bits per heavy atom. The molecular weight excluding hydrogens is 262 g/mol. The van der Waals surface area contributed by atoms with E-state index in [1.54, 1.807) is 6.20 Å². The van der Waals surface area contributed by atoms with Gasteiger partial charge in [-0.1, -0.05) is 18.2 Å². The first-order chi connectivity index (χ1) is 9.38. The van der Waals surface area contributed by atoms with Crippen molar-refractivity contribution in [3.63, 3.8) is 0 Å². The van der Waals surface area contributed by atoms with Gasteiger partial charge in [0, 0.05) is 29.4 Å². The minimum Gasteiger partial charge on any atom is -0.421 e. The highest BCUT2D eigenvalue weighted by molar-refractivity contribution is 6.17. The van der Waals surface area contributed by atoms with Crippen LogP contribution < -0.4 is 0 Å². The molecule has 4 nitrogen and oxygen atoms in total. The molecule has 0 atom stereocenters. The van der Waals surface area contributed by atoms with Crippen molar-refractivity contribution in [3.05, 3.63) is 42.4 Å². The number of aromatic nitrogens is 3. The van der Waals surface area contributed by atoms with Crippen molar-refractivity contribution in [2.45, 2.75) is 12.8 Å². The summed E-state index contributed by atoms with van der Waals surface area (Å²) in [6.07, 6.45) is 3.29. The van der Waals surface area contributed by atoms with Gasteiger partial charge in [-0.05, 0) is 18.6 Å². The molecule has 0 aliphatic rings. The average Bonchev–Trinajstić information content (AvgIpc) is 2.93. The summed E-state index contributed by atoms with van der Waals surface area (Å²) in [5, 5.41) is 9.15. The van der Waals surface area contributed by atoms with Gasteiger partial charge in [0.05, 0.1) is 5.52 Å². The lowest BCUT2D eigenvalue weighted by molar-refractivity contribution is 0.503. The predicted octanol–water partition coefficient (Wildman–Crippen LogP) is 3.46. The van der Waals surface area contributed by atoms with E-state index in [1.165, 1.54) is 0 Å². The number of alkyl halides is 1. The number of hydrogen-bond donors (Lipinski definition) is 0. The van der Waals surface area contributed by atoms with Gasteiger partial charge in [-0.2, -0.15) is 0 Å². The molecule has 3 aromatic rings. The lowest BCUT2D eigenvalue weighted by atomic mass is 10.1. The fourth-order valence-corrected chi connectivity index (χ4v) is 2.10. The number of aryl methyl sites for hydroxylation is 1. The van der Waals surface area contributed by atoms with E-state index in [2.05, 4.69) is 15.2 Å². The van der Waals surface area contributed by atoms with E-state index in [0.29, 0.717) is 24.1 Å². The Balaban J connectivity index is 2.02. The summed E-state index contributed by atoms with van der Waals surface area (Å²) in [5.41, 5.74) is 1.83. The number of nitrogens with zero attached hydrogens (tertiary/aromatic N) is 3. The third kappa shape index (κ3) is 2.44. The Labute approximate surface area is 115 Å². The molecule has 0 saturated heterocycles. The van der Waals surface area contributed by atoms with Gasteiger partial charge in [0.1, 0.15) is 0 Å². The molecule has 0 radical (unpaired) electrons. The van der Waals surface area contributed by atoms with Crippen molar-refractivity contribution in [1.29, 1.82) is 0 Å². The Morgan fingerprint density at radius 1 is 1.11 bits per heavy atom. The molecule has 0 aliphatic heterocycles. The van der Waals surface area contributed by atoms with Crippen molar-refractivity contribution >= 4 is 22.5 Å². The summed E-state index contributed by atoms with van der Waals surface area (Å²) in [5.74, 6) is 1.75. The Bertz CT molecular complexity index is 690. The van der Waals surface area contributed by atoms with Crippen molar-refractivity contribution in [2.75, 3.05) is 5.88 Å². The molecule has 2 heterocycles. The number of para-hydroxylation sites is 1. The molecule has 3 rings (SSSR count). The molecule has 0 aliphatic carbocycles. The molecule has 0 N–H and O–H groups in total. The molecule has 5 heteroatoms. The monoisotopic (exact) mass is 273 g/mol. The van der Waals surface area contributed by atoms with Gasteiger partial charge < -0.3 is 4.42 Å². The maximum atomic E-state index is 5.67. The normalized spacial score (nSPS) is 11.0. The average molecular weight is 274 g/mol. The lowest BCUT2D eigenvalue weighted by Gasteiger charge is -2.00. The first kappa shape index (κ1) is 12.1. The number of fused-ring (bicyclic) bond motifs is 1. The number of rotatable bonds is 4. The molecule has 0 fully saturated rings. The highest BCUT2D eigenvalue weighted by Crippen LogP contribution is 2.26. The van der Waals surface area contributed by atoms with Crippen molar-refractivity contribution < 1.29 is 4.42 Å². The van der Waals surface area contributed by atoms with Gasteiger partial charge in [0.2, 0.25) is 11.8 Å². The summed E-state index contributed by atoms with van der Waals surface area (Å²) in [4.78, 5) is 4.32. The smallest absolute Gasteiger partial charge is 0.248 e. The van der Waals surface area contributed by atoms with Crippen LogP contribution in [0.15, 0.2) is 40.9 Å². The van der Waals surface area contributed by atoms with Gasteiger partial charge in [-0.25, -0.2) is 0 Å². The van der Waals surface area contributed by atoms with E-state index in [-0.39, 0.29) is 0 Å². The molecule has 2 aromatic heterocycles. The van der Waals surface area contributed by atoms with Crippen molar-refractivity contribution in [3.8, 4) is 11.5 Å². The Morgan fingerprint density at radius 2 is 2.00 bits per heavy atom. The lowest BCUT2D eigenvalue weighted by Crippen LogP contribution is -1.85. The van der Waals surface area contributed by atoms with E-state index in [1.807, 2.05) is 30.3 Å². The second kappa shape index (κ2) is 5.36. The van der Waals surface area contributed by atoms with Crippen LogP contribution >= 0.6 is 11.6 Å². The van der Waals surface area contributed by atoms with Crippen LogP contribution in [-0.2, 0) is 6.42 Å². The Kier molecular flexibility index (Phi) is 3.42. The maximum absolute atomic E-state index is 5.67. The first-order valence-electron chi connectivity index (χ1n) is 6.11. The summed E-state index contributed by atoms with van der Waals surface area (Å²) in [6, 6.07) is 9.78. The second-order valence-corrected chi connectivity index (χ2v) is 4.55. The van der Waals surface area contributed by atoms with Gasteiger partial charge in [-0.15, -0.1) is 21.8 Å². The number of benzene rings is 1. The number of halogens is 1. The summed E-state index contributed by atoms with van der Waals surface area (Å²) in [7, 11) is 0. The van der Waals surface area contributed by atoms with Crippen LogP contribution in [0.25, 0.3) is 22.4 Å². The van der Waals surface area contributed by atoms with Crippen LogP contribution in [0, 0.1) is 0 Å². The molecular formula is C14H12ClN3O. The summed E-state index contributed by atoms with van der Waals surface area (Å²) in [6.45, 7) is 0. The zero-order valence-electron chi connectivity index (χ0n) is 10.2. The van der Waals surface area contributed by atoms with Crippen LogP contribution in [-0.4, -0.2) is 21.1 Å². The highest BCUT2D eigenvalue weighted by Gasteiger charge is 2.11. The number of hydrogen-bond acceptors (Lipinski definition) is 4. The Hall–Kier alpha value is -1.94. The molecule has 0 spiro atoms. The fourth-order valence-electron chi connectivity index (χ4n) is 1.96. The van der Waals surface area contributed by atoms with Crippen LogP contribution in [0.5, 0.6) is 0 Å². The quantitative estimate of drug-likeness (QED) is 0.683. The molecule has 19 heavy (non-hydrogen) atoms. The fraction of sp³-hybridized carbons (Fsp3) is 0.214. The molecule has 0 saturated carbocycles. The largest absolute Gasteiger partial charge is 0.421 e. The third-order valence-corrected chi connectivity index (χ3v) is 3.14. The SMILES string of the molecule is ClCCCc1nnc(-c2ccnc3ccccc23)o1. The van der Waals surface area contributed by atoms with Crippen molar-refractivity contribution in [2.24, 2.45) is 0 Å². The van der Waals surface area contributed by atoms with E-state index in [0.717, 1.165) is 22.9 Å². The highest BCUT2D eigenvalue weighted by atomic mass is 35.5. The standard InChI is InChI=1S/C14H12ClN3O/c15-8-3-6-13-17-18-14(19-13)11-7-9-16-12-5-2-1-4-10(11)12/h1-2,4-5,7,9H,3,6,8H2. The van der Waals surface area contributed by atoms with E-state index in [4.69, 9.17) is 16.0 Å². The van der Waals surface area contributed by atoms with Crippen LogP contribution in [0.4, 0.5) is 0 Å². The minimum absolute atomic E-state index is 0.531. The van der Waals surface area contributed by atoms with E-state index in [9.17, 15) is 0 Å². The molecule has 0 unspecified atom stereocenters. The van der Waals surface area contributed by atoms with Crippen molar-refractivity contribution in [1.82, 2.24) is 15.2 Å². The van der Waals surface area contributed by atoms with Crippen LogP contribution in [0.2, 0.25) is 0 Å². The van der Waals surface area contributed by atoms with Gasteiger partial charge in [0.25, 0.3) is 0 Å². The molecule has 96 valence electrons. The first-order valence-corrected chi connectivity index (χ1v) is 6.64. The van der Waals surface area contributed by atoms with Gasteiger partial charge >= 0.3 is 0 Å². The molecule has 0 amide bonds. The second-order valence-electron chi connectivity index (χ2n) is 4.17. The summed E-state index contributed by atoms with van der Waals surface area (Å²) >= 11 is 5.66. The molecule has 0 bridgehead atoms. The number of pyridine rings is 1. The third-order valence-electron chi connectivity index (χ3n) is 2.87.